The molecule has 3 aromatic rings. The highest BCUT2D eigenvalue weighted by Gasteiger charge is 2.20. The summed E-state index contributed by atoms with van der Waals surface area (Å²) in [5.41, 5.74) is 1.03. The van der Waals surface area contributed by atoms with Crippen LogP contribution in [0.25, 0.3) is 5.69 Å². The lowest BCUT2D eigenvalue weighted by Crippen LogP contribution is -2.15. The van der Waals surface area contributed by atoms with Gasteiger partial charge >= 0.3 is 0 Å². The first-order valence-electron chi connectivity index (χ1n) is 8.25. The fourth-order valence-electron chi connectivity index (χ4n) is 2.71. The molecule has 0 saturated heterocycles. The fourth-order valence-corrected chi connectivity index (χ4v) is 4.08. The van der Waals surface area contributed by atoms with Crippen molar-refractivity contribution in [2.75, 3.05) is 17.9 Å². The Hall–Kier alpha value is -2.52. The summed E-state index contributed by atoms with van der Waals surface area (Å²) in [6, 6.07) is 11.6. The summed E-state index contributed by atoms with van der Waals surface area (Å²) in [5.74, 6) is 0.980. The molecule has 1 N–H and O–H groups in total. The second-order valence-corrected chi connectivity index (χ2v) is 8.48. The number of nitrogens with one attached hydrogen (secondary N) is 1. The predicted molar refractivity (Wildman–Crippen MR) is 104 cm³/mol. The third-order valence-corrected chi connectivity index (χ3v) is 5.75. The number of sulfonamides is 1. The number of benzene rings is 2. The van der Waals surface area contributed by atoms with Crippen LogP contribution in [0.3, 0.4) is 0 Å². The Morgan fingerprint density at radius 2 is 1.85 bits per heavy atom. The van der Waals surface area contributed by atoms with Crippen molar-refractivity contribution >= 4 is 31.6 Å². The molecule has 1 aliphatic heterocycles. The number of hydrogen-bond donors (Lipinski definition) is 1. The van der Waals surface area contributed by atoms with E-state index >= 15 is 0 Å². The average molecular weight is 450 g/mol. The van der Waals surface area contributed by atoms with E-state index in [1.807, 2.05) is 6.07 Å². The van der Waals surface area contributed by atoms with Crippen LogP contribution in [0.2, 0.25) is 0 Å². The molecule has 0 unspecified atom stereocenters. The van der Waals surface area contributed by atoms with E-state index in [1.165, 1.54) is 12.1 Å². The normalized spacial score (nSPS) is 13.8. The van der Waals surface area contributed by atoms with Gasteiger partial charge in [0.15, 0.2) is 11.5 Å². The first kappa shape index (κ1) is 17.9. The average Bonchev–Trinajstić information content (AvgIpc) is 2.94. The van der Waals surface area contributed by atoms with Gasteiger partial charge in [0, 0.05) is 18.7 Å². The largest absolute Gasteiger partial charge is 0.490 e. The van der Waals surface area contributed by atoms with Gasteiger partial charge in [-0.15, -0.1) is 0 Å². The van der Waals surface area contributed by atoms with E-state index in [-0.39, 0.29) is 4.90 Å². The molecule has 2 aromatic carbocycles. The number of anilines is 1. The predicted octanol–water partition coefficient (Wildman–Crippen LogP) is 3.60. The van der Waals surface area contributed by atoms with Crippen LogP contribution in [0.4, 0.5) is 5.69 Å². The Labute approximate surface area is 165 Å². The van der Waals surface area contributed by atoms with Gasteiger partial charge in [-0.3, -0.25) is 4.72 Å². The lowest BCUT2D eigenvalue weighted by atomic mass is 10.3. The fraction of sp³-hybridized carbons (Fsp3) is 0.167. The Morgan fingerprint density at radius 3 is 2.63 bits per heavy atom. The molecule has 0 saturated carbocycles. The van der Waals surface area contributed by atoms with Crippen molar-refractivity contribution in [3.05, 3.63) is 59.3 Å². The van der Waals surface area contributed by atoms with E-state index < -0.39 is 10.0 Å². The third-order valence-electron chi connectivity index (χ3n) is 3.98. The van der Waals surface area contributed by atoms with E-state index in [0.717, 1.165) is 10.9 Å². The van der Waals surface area contributed by atoms with Crippen LogP contribution >= 0.6 is 15.9 Å². The maximum Gasteiger partial charge on any atom is 0.262 e. The molecule has 0 spiro atoms. The number of rotatable bonds is 4. The standard InChI is InChI=1S/C18H16BrN3O4S/c19-13-11-20-22(12-13)16-5-2-1-4-15(16)21-27(23,24)14-6-7-17-18(10-14)26-9-3-8-25-17/h1-2,4-7,10-12,21H,3,8-9H2. The van der Waals surface area contributed by atoms with Crippen LogP contribution in [0.1, 0.15) is 6.42 Å². The van der Waals surface area contributed by atoms with Crippen LogP contribution < -0.4 is 14.2 Å². The van der Waals surface area contributed by atoms with Crippen LogP contribution in [-0.4, -0.2) is 31.4 Å². The lowest BCUT2D eigenvalue weighted by Gasteiger charge is -2.14. The Kier molecular flexibility index (Phi) is 4.79. The summed E-state index contributed by atoms with van der Waals surface area (Å²) in [6.07, 6.45) is 4.14. The lowest BCUT2D eigenvalue weighted by molar-refractivity contribution is 0.297. The summed E-state index contributed by atoms with van der Waals surface area (Å²) < 4.78 is 42.0. The highest BCUT2D eigenvalue weighted by molar-refractivity contribution is 9.10. The molecular formula is C18H16BrN3O4S. The van der Waals surface area contributed by atoms with E-state index in [1.54, 1.807) is 41.3 Å². The Bertz CT molecular complexity index is 1080. The summed E-state index contributed by atoms with van der Waals surface area (Å²) in [6.45, 7) is 1.03. The van der Waals surface area contributed by atoms with E-state index in [4.69, 9.17) is 9.47 Å². The maximum atomic E-state index is 12.9. The molecular weight excluding hydrogens is 434 g/mol. The zero-order valence-electron chi connectivity index (χ0n) is 14.1. The van der Waals surface area contributed by atoms with Gasteiger partial charge < -0.3 is 9.47 Å². The van der Waals surface area contributed by atoms with E-state index in [0.29, 0.717) is 36.1 Å². The number of hydrogen-bond acceptors (Lipinski definition) is 5. The first-order chi connectivity index (χ1) is 13.0. The smallest absolute Gasteiger partial charge is 0.262 e. The van der Waals surface area contributed by atoms with Crippen molar-refractivity contribution in [3.63, 3.8) is 0 Å². The van der Waals surface area contributed by atoms with Crippen molar-refractivity contribution in [3.8, 4) is 17.2 Å². The van der Waals surface area contributed by atoms with E-state index in [2.05, 4.69) is 25.8 Å². The molecule has 4 rings (SSSR count). The molecule has 0 amide bonds. The molecule has 7 nitrogen and oxygen atoms in total. The van der Waals surface area contributed by atoms with Crippen LogP contribution in [0, 0.1) is 0 Å². The van der Waals surface area contributed by atoms with Crippen LogP contribution in [-0.2, 0) is 10.0 Å². The Morgan fingerprint density at radius 1 is 1.07 bits per heavy atom. The molecule has 0 aliphatic carbocycles. The Balaban J connectivity index is 1.68. The summed E-state index contributed by atoms with van der Waals surface area (Å²) in [4.78, 5) is 0.100. The van der Waals surface area contributed by atoms with Crippen LogP contribution in [0.5, 0.6) is 11.5 Å². The minimum absolute atomic E-state index is 0.100. The van der Waals surface area contributed by atoms with Gasteiger partial charge in [-0.25, -0.2) is 13.1 Å². The highest BCUT2D eigenvalue weighted by atomic mass is 79.9. The minimum atomic E-state index is -3.82. The molecule has 0 atom stereocenters. The van der Waals surface area contributed by atoms with Gasteiger partial charge in [0.2, 0.25) is 0 Å². The SMILES string of the molecule is O=S(=O)(Nc1ccccc1-n1cc(Br)cn1)c1ccc2c(c1)OCCCO2. The molecule has 1 aromatic heterocycles. The molecule has 140 valence electrons. The van der Waals surface area contributed by atoms with Crippen molar-refractivity contribution in [2.45, 2.75) is 11.3 Å². The van der Waals surface area contributed by atoms with Crippen molar-refractivity contribution in [1.82, 2.24) is 9.78 Å². The van der Waals surface area contributed by atoms with Gasteiger partial charge in [0.25, 0.3) is 10.0 Å². The molecule has 2 heterocycles. The zero-order valence-corrected chi connectivity index (χ0v) is 16.5. The molecule has 0 radical (unpaired) electrons. The van der Waals surface area contributed by atoms with Crippen molar-refractivity contribution in [1.29, 1.82) is 0 Å². The monoisotopic (exact) mass is 449 g/mol. The topological polar surface area (TPSA) is 82.5 Å². The molecule has 9 heteroatoms. The number of nitrogens with zero attached hydrogens (tertiary/aromatic N) is 2. The summed E-state index contributed by atoms with van der Waals surface area (Å²) in [5, 5.41) is 4.22. The number of ether oxygens (including phenoxy) is 2. The number of para-hydroxylation sites is 2. The third kappa shape index (κ3) is 3.79. The quantitative estimate of drug-likeness (QED) is 0.657. The van der Waals surface area contributed by atoms with Crippen molar-refractivity contribution < 1.29 is 17.9 Å². The number of halogens is 1. The summed E-state index contributed by atoms with van der Waals surface area (Å²) >= 11 is 3.35. The first-order valence-corrected chi connectivity index (χ1v) is 10.5. The van der Waals surface area contributed by atoms with Gasteiger partial charge in [0.05, 0.1) is 40.2 Å². The molecule has 0 fully saturated rings. The van der Waals surface area contributed by atoms with Crippen LogP contribution in [0.15, 0.2) is 64.2 Å². The molecule has 1 aliphatic rings. The molecule has 27 heavy (non-hydrogen) atoms. The highest BCUT2D eigenvalue weighted by Crippen LogP contribution is 2.33. The maximum absolute atomic E-state index is 12.9. The molecule has 0 bridgehead atoms. The second kappa shape index (κ2) is 7.24. The van der Waals surface area contributed by atoms with Gasteiger partial charge in [-0.1, -0.05) is 12.1 Å². The van der Waals surface area contributed by atoms with Gasteiger partial charge in [0.1, 0.15) is 0 Å². The second-order valence-electron chi connectivity index (χ2n) is 5.88. The van der Waals surface area contributed by atoms with E-state index in [9.17, 15) is 8.42 Å². The zero-order chi connectivity index (χ0) is 18.9. The van der Waals surface area contributed by atoms with Gasteiger partial charge in [-0.2, -0.15) is 5.10 Å². The number of fused-ring (bicyclic) bond motifs is 1. The minimum Gasteiger partial charge on any atom is -0.490 e. The number of aromatic nitrogens is 2. The summed E-state index contributed by atoms with van der Waals surface area (Å²) in [7, 11) is -3.82. The van der Waals surface area contributed by atoms with Gasteiger partial charge in [-0.05, 0) is 40.2 Å². The van der Waals surface area contributed by atoms with Crippen molar-refractivity contribution in [2.24, 2.45) is 0 Å².